The molecule has 23 heavy (non-hydrogen) atoms. The fraction of sp³-hybridized carbons (Fsp3) is 0.0588. The Hall–Kier alpha value is -3.15. The van der Waals surface area contributed by atoms with Gasteiger partial charge in [0.1, 0.15) is 17.4 Å². The van der Waals surface area contributed by atoms with Gasteiger partial charge in [-0.3, -0.25) is 0 Å². The highest BCUT2D eigenvalue weighted by Gasteiger charge is 2.08. The van der Waals surface area contributed by atoms with Crippen molar-refractivity contribution in [2.75, 3.05) is 5.32 Å². The second kappa shape index (κ2) is 5.57. The SMILES string of the molecule is Fc1ccc(-c2cnc3ccc(NCc4ccco4)nn23)cc1. The summed E-state index contributed by atoms with van der Waals surface area (Å²) in [4.78, 5) is 4.33. The van der Waals surface area contributed by atoms with Crippen LogP contribution in [0.4, 0.5) is 10.2 Å². The zero-order chi connectivity index (χ0) is 15.6. The van der Waals surface area contributed by atoms with Gasteiger partial charge in [0.05, 0.1) is 24.7 Å². The molecule has 0 aliphatic heterocycles. The number of furan rings is 1. The van der Waals surface area contributed by atoms with Gasteiger partial charge in [0.25, 0.3) is 0 Å². The number of nitrogens with one attached hydrogen (secondary N) is 1. The Balaban J connectivity index is 1.67. The molecule has 0 spiro atoms. The van der Waals surface area contributed by atoms with Crippen LogP contribution in [0.25, 0.3) is 16.9 Å². The number of rotatable bonds is 4. The molecule has 3 aromatic heterocycles. The molecule has 0 amide bonds. The Morgan fingerprint density at radius 3 is 2.74 bits per heavy atom. The van der Waals surface area contributed by atoms with Crippen molar-refractivity contribution >= 4 is 11.5 Å². The lowest BCUT2D eigenvalue weighted by Gasteiger charge is -2.06. The van der Waals surface area contributed by atoms with Gasteiger partial charge in [0.15, 0.2) is 5.65 Å². The highest BCUT2D eigenvalue weighted by molar-refractivity contribution is 5.63. The number of imidazole rings is 1. The Morgan fingerprint density at radius 1 is 1.09 bits per heavy atom. The number of hydrogen-bond acceptors (Lipinski definition) is 4. The van der Waals surface area contributed by atoms with Gasteiger partial charge in [-0.05, 0) is 48.5 Å². The van der Waals surface area contributed by atoms with Crippen molar-refractivity contribution in [1.29, 1.82) is 0 Å². The highest BCUT2D eigenvalue weighted by atomic mass is 19.1. The quantitative estimate of drug-likeness (QED) is 0.624. The summed E-state index contributed by atoms with van der Waals surface area (Å²) < 4.78 is 20.1. The second-order valence-electron chi connectivity index (χ2n) is 5.07. The van der Waals surface area contributed by atoms with Crippen LogP contribution in [0.15, 0.2) is 65.4 Å². The molecular formula is C17H13FN4O. The Morgan fingerprint density at radius 2 is 1.96 bits per heavy atom. The molecule has 1 N–H and O–H groups in total. The molecule has 0 aliphatic rings. The number of nitrogens with zero attached hydrogens (tertiary/aromatic N) is 3. The van der Waals surface area contributed by atoms with Gasteiger partial charge in [-0.15, -0.1) is 5.10 Å². The standard InChI is InChI=1S/C17H13FN4O/c18-13-5-3-12(4-6-13)15-11-20-17-8-7-16(21-22(15)17)19-10-14-2-1-9-23-14/h1-9,11H,10H2,(H,19,21). The molecule has 0 saturated heterocycles. The van der Waals surface area contributed by atoms with E-state index < -0.39 is 0 Å². The van der Waals surface area contributed by atoms with Crippen LogP contribution in [-0.2, 0) is 6.54 Å². The summed E-state index contributed by atoms with van der Waals surface area (Å²) in [6, 6.07) is 13.8. The average molecular weight is 308 g/mol. The van der Waals surface area contributed by atoms with Crippen LogP contribution >= 0.6 is 0 Å². The lowest BCUT2D eigenvalue weighted by atomic mass is 10.2. The number of hydrogen-bond donors (Lipinski definition) is 1. The first-order valence-electron chi connectivity index (χ1n) is 7.16. The lowest BCUT2D eigenvalue weighted by Crippen LogP contribution is -2.04. The van der Waals surface area contributed by atoms with Crippen molar-refractivity contribution in [2.45, 2.75) is 6.54 Å². The van der Waals surface area contributed by atoms with Crippen molar-refractivity contribution in [2.24, 2.45) is 0 Å². The van der Waals surface area contributed by atoms with Crippen LogP contribution in [0.2, 0.25) is 0 Å². The maximum atomic E-state index is 13.1. The molecule has 1 aromatic carbocycles. The van der Waals surface area contributed by atoms with Crippen LogP contribution in [0.5, 0.6) is 0 Å². The average Bonchev–Trinajstić information content (AvgIpc) is 3.23. The largest absolute Gasteiger partial charge is 0.467 e. The Kier molecular flexibility index (Phi) is 3.27. The third-order valence-corrected chi connectivity index (χ3v) is 3.53. The Bertz CT molecular complexity index is 929. The minimum Gasteiger partial charge on any atom is -0.467 e. The van der Waals surface area contributed by atoms with E-state index in [1.807, 2.05) is 24.3 Å². The zero-order valence-electron chi connectivity index (χ0n) is 12.1. The topological polar surface area (TPSA) is 55.4 Å². The van der Waals surface area contributed by atoms with Crippen LogP contribution < -0.4 is 5.32 Å². The normalized spacial score (nSPS) is 11.0. The van der Waals surface area contributed by atoms with E-state index in [1.54, 1.807) is 29.1 Å². The molecule has 4 aromatic rings. The molecule has 0 atom stereocenters. The van der Waals surface area contributed by atoms with Crippen molar-refractivity contribution < 1.29 is 8.81 Å². The highest BCUT2D eigenvalue weighted by Crippen LogP contribution is 2.21. The summed E-state index contributed by atoms with van der Waals surface area (Å²) in [6.45, 7) is 0.548. The van der Waals surface area contributed by atoms with Crippen LogP contribution in [0.1, 0.15) is 5.76 Å². The molecule has 0 saturated carbocycles. The van der Waals surface area contributed by atoms with Gasteiger partial charge in [-0.25, -0.2) is 13.9 Å². The van der Waals surface area contributed by atoms with Crippen molar-refractivity contribution in [1.82, 2.24) is 14.6 Å². The second-order valence-corrected chi connectivity index (χ2v) is 5.07. The molecule has 5 nitrogen and oxygen atoms in total. The van der Waals surface area contributed by atoms with Gasteiger partial charge in [0.2, 0.25) is 0 Å². The van der Waals surface area contributed by atoms with E-state index in [0.717, 1.165) is 22.7 Å². The van der Waals surface area contributed by atoms with E-state index >= 15 is 0 Å². The lowest BCUT2D eigenvalue weighted by molar-refractivity contribution is 0.517. The van der Waals surface area contributed by atoms with E-state index in [0.29, 0.717) is 12.4 Å². The number of anilines is 1. The number of fused-ring (bicyclic) bond motifs is 1. The number of halogens is 1. The summed E-state index contributed by atoms with van der Waals surface area (Å²) in [6.07, 6.45) is 3.36. The molecule has 114 valence electrons. The van der Waals surface area contributed by atoms with Crippen LogP contribution in [0, 0.1) is 5.82 Å². The summed E-state index contributed by atoms with van der Waals surface area (Å²) in [5.41, 5.74) is 2.39. The summed E-state index contributed by atoms with van der Waals surface area (Å²) in [5, 5.41) is 7.74. The summed E-state index contributed by atoms with van der Waals surface area (Å²) in [7, 11) is 0. The number of aromatic nitrogens is 3. The fourth-order valence-electron chi connectivity index (χ4n) is 2.38. The molecule has 0 fully saturated rings. The molecule has 3 heterocycles. The van der Waals surface area contributed by atoms with E-state index in [9.17, 15) is 4.39 Å². The predicted octanol–water partition coefficient (Wildman–Crippen LogP) is 3.74. The van der Waals surface area contributed by atoms with Crippen LogP contribution in [-0.4, -0.2) is 14.6 Å². The zero-order valence-corrected chi connectivity index (χ0v) is 12.1. The maximum absolute atomic E-state index is 13.1. The van der Waals surface area contributed by atoms with E-state index in [4.69, 9.17) is 4.42 Å². The number of benzene rings is 1. The van der Waals surface area contributed by atoms with Crippen molar-refractivity contribution in [3.63, 3.8) is 0 Å². The van der Waals surface area contributed by atoms with Gasteiger partial charge in [-0.2, -0.15) is 0 Å². The molecule has 4 rings (SSSR count). The molecule has 0 unspecified atom stereocenters. The minimum absolute atomic E-state index is 0.267. The predicted molar refractivity (Wildman–Crippen MR) is 84.4 cm³/mol. The van der Waals surface area contributed by atoms with E-state index in [-0.39, 0.29) is 5.82 Å². The van der Waals surface area contributed by atoms with E-state index in [1.165, 1.54) is 12.1 Å². The van der Waals surface area contributed by atoms with Crippen molar-refractivity contribution in [3.8, 4) is 11.3 Å². The molecule has 0 bridgehead atoms. The molecule has 0 aliphatic carbocycles. The van der Waals surface area contributed by atoms with E-state index in [2.05, 4.69) is 15.4 Å². The molecule has 0 radical (unpaired) electrons. The molecule has 6 heteroatoms. The minimum atomic E-state index is -0.267. The van der Waals surface area contributed by atoms with Gasteiger partial charge >= 0.3 is 0 Å². The first kappa shape index (κ1) is 13.5. The van der Waals surface area contributed by atoms with Gasteiger partial charge in [0, 0.05) is 5.56 Å². The van der Waals surface area contributed by atoms with Crippen LogP contribution in [0.3, 0.4) is 0 Å². The maximum Gasteiger partial charge on any atom is 0.154 e. The monoisotopic (exact) mass is 308 g/mol. The fourth-order valence-corrected chi connectivity index (χ4v) is 2.38. The van der Waals surface area contributed by atoms with Gasteiger partial charge in [-0.1, -0.05) is 0 Å². The van der Waals surface area contributed by atoms with Crippen molar-refractivity contribution in [3.05, 3.63) is 72.6 Å². The molecular weight excluding hydrogens is 295 g/mol. The third kappa shape index (κ3) is 2.66. The smallest absolute Gasteiger partial charge is 0.154 e. The first-order chi connectivity index (χ1) is 11.3. The summed E-state index contributed by atoms with van der Waals surface area (Å²) >= 11 is 0. The first-order valence-corrected chi connectivity index (χ1v) is 7.16. The summed E-state index contributed by atoms with van der Waals surface area (Å²) in [5.74, 6) is 1.27. The van der Waals surface area contributed by atoms with Gasteiger partial charge < -0.3 is 9.73 Å². The Labute approximate surface area is 131 Å². The third-order valence-electron chi connectivity index (χ3n) is 3.53.